The Kier molecular flexibility index (Phi) is 7.58. The summed E-state index contributed by atoms with van der Waals surface area (Å²) in [6.07, 6.45) is 0. The molecule has 13 heteroatoms. The largest absolute Gasteiger partial charge is 0.504 e. The summed E-state index contributed by atoms with van der Waals surface area (Å²) in [4.78, 5) is 15.0. The number of phenolic OH excluding ortho intramolecular Hbond substituents is 8. The van der Waals surface area contributed by atoms with E-state index in [-0.39, 0.29) is 16.7 Å². The van der Waals surface area contributed by atoms with Crippen LogP contribution in [-0.2, 0) is 0 Å². The van der Waals surface area contributed by atoms with Crippen molar-refractivity contribution in [1.82, 2.24) is 19.5 Å². The van der Waals surface area contributed by atoms with Crippen molar-refractivity contribution >= 4 is 53.3 Å². The van der Waals surface area contributed by atoms with Crippen LogP contribution in [0.5, 0.6) is 46.0 Å². The second kappa shape index (κ2) is 12.8. The Morgan fingerprint density at radius 1 is 0.397 bits per heavy atom. The van der Waals surface area contributed by atoms with Crippen LogP contribution in [0.4, 0.5) is 0 Å². The molecule has 7 aromatic carbocycles. The normalized spacial score (nSPS) is 11.7. The first-order valence-corrected chi connectivity index (χ1v) is 18.7. The fourth-order valence-electron chi connectivity index (χ4n) is 7.62. The average molecular weight is 785 g/mol. The molecule has 0 saturated carbocycles. The fraction of sp³-hybridized carbons (Fsp3) is 0. The third-order valence-electron chi connectivity index (χ3n) is 10.3. The van der Waals surface area contributed by atoms with Gasteiger partial charge in [-0.25, -0.2) is 15.0 Å². The second-order valence-electron chi connectivity index (χ2n) is 13.6. The summed E-state index contributed by atoms with van der Waals surface area (Å²) in [5.41, 5.74) is 3.51. The van der Waals surface area contributed by atoms with Crippen LogP contribution >= 0.6 is 11.3 Å². The van der Waals surface area contributed by atoms with Gasteiger partial charge in [-0.15, -0.1) is 11.3 Å². The Morgan fingerprint density at radius 3 is 1.38 bits per heavy atom. The highest BCUT2D eigenvalue weighted by atomic mass is 32.1. The van der Waals surface area contributed by atoms with Crippen molar-refractivity contribution in [3.8, 4) is 97.0 Å². The number of rotatable bonds is 5. The number of nitrogens with zero attached hydrogens (tertiary/aromatic N) is 4. The Bertz CT molecular complexity index is 3180. The van der Waals surface area contributed by atoms with E-state index in [4.69, 9.17) is 15.0 Å². The molecule has 0 fully saturated rings. The number of hydrogen-bond donors (Lipinski definition) is 8. The zero-order valence-corrected chi connectivity index (χ0v) is 30.6. The number of aromatic nitrogens is 4. The molecule has 0 spiro atoms. The van der Waals surface area contributed by atoms with Gasteiger partial charge < -0.3 is 45.4 Å². The minimum absolute atomic E-state index is 0.269. The molecule has 0 radical (unpaired) electrons. The molecule has 10 rings (SSSR count). The molecule has 10 aromatic rings. The molecular formula is C45H28N4O8S. The lowest BCUT2D eigenvalue weighted by Crippen LogP contribution is -2.00. The third kappa shape index (κ3) is 4.97. The van der Waals surface area contributed by atoms with Gasteiger partial charge >= 0.3 is 0 Å². The summed E-state index contributed by atoms with van der Waals surface area (Å²) in [6, 6.07) is 38.2. The van der Waals surface area contributed by atoms with E-state index in [0.29, 0.717) is 38.5 Å². The van der Waals surface area contributed by atoms with Crippen LogP contribution in [0.15, 0.2) is 121 Å². The topological polar surface area (TPSA) is 205 Å². The molecule has 3 heterocycles. The van der Waals surface area contributed by atoms with Crippen molar-refractivity contribution in [3.63, 3.8) is 0 Å². The number of hydrogen-bond acceptors (Lipinski definition) is 12. The first kappa shape index (κ1) is 34.5. The predicted octanol–water partition coefficient (Wildman–Crippen LogP) is 9.65. The highest BCUT2D eigenvalue weighted by Gasteiger charge is 2.33. The average Bonchev–Trinajstić information content (AvgIpc) is 3.84. The monoisotopic (exact) mass is 784 g/mol. The standard InChI is InChI=1S/C45H28N4O8S/c50-34-30-31-33(37(53)41(57)39(55)35(31)51)49(32(30)36(52)40(56)38(34)54)27-17-10-18-28-29(27)25-19-24(21-11-4-1-5-12-21)20-26(42(25)58-28)45-47-43(22-13-6-2-7-14-22)46-44(48-45)23-15-8-3-9-16-23/h1-20,50-57H. The molecule has 0 saturated heterocycles. The minimum Gasteiger partial charge on any atom is -0.504 e. The Balaban J connectivity index is 1.36. The smallest absolute Gasteiger partial charge is 0.206 e. The summed E-state index contributed by atoms with van der Waals surface area (Å²) in [7, 11) is 0. The lowest BCUT2D eigenvalue weighted by atomic mass is 9.98. The maximum absolute atomic E-state index is 11.4. The van der Waals surface area contributed by atoms with E-state index in [0.717, 1.165) is 27.0 Å². The van der Waals surface area contributed by atoms with Crippen molar-refractivity contribution in [1.29, 1.82) is 0 Å². The summed E-state index contributed by atoms with van der Waals surface area (Å²) >= 11 is 1.42. The number of benzene rings is 7. The van der Waals surface area contributed by atoms with Gasteiger partial charge in [-0.05, 0) is 35.4 Å². The van der Waals surface area contributed by atoms with Crippen LogP contribution < -0.4 is 0 Å². The highest BCUT2D eigenvalue weighted by molar-refractivity contribution is 7.26. The SMILES string of the molecule is Oc1c(O)c(O)c2c(c1O)c1c(O)c(O)c(O)c(O)c1n2-c1cccc2sc3c(-c4nc(-c5ccccc5)nc(-c5ccccc5)n4)cc(-c4ccccc4)cc3c12. The van der Waals surface area contributed by atoms with Crippen LogP contribution in [0.2, 0.25) is 0 Å². The maximum Gasteiger partial charge on any atom is 0.206 e. The van der Waals surface area contributed by atoms with Crippen LogP contribution in [0, 0.1) is 0 Å². The fourth-order valence-corrected chi connectivity index (χ4v) is 8.84. The molecule has 8 N–H and O–H groups in total. The highest BCUT2D eigenvalue weighted by Crippen LogP contribution is 2.59. The first-order valence-electron chi connectivity index (χ1n) is 17.8. The molecule has 12 nitrogen and oxygen atoms in total. The number of aromatic hydroxyl groups is 8. The van der Waals surface area contributed by atoms with Gasteiger partial charge in [0.15, 0.2) is 40.5 Å². The third-order valence-corrected chi connectivity index (χ3v) is 11.5. The summed E-state index contributed by atoms with van der Waals surface area (Å²) in [5, 5.41) is 88.5. The van der Waals surface area contributed by atoms with Gasteiger partial charge in [0.05, 0.1) is 16.5 Å². The van der Waals surface area contributed by atoms with E-state index in [1.54, 1.807) is 12.1 Å². The van der Waals surface area contributed by atoms with E-state index in [1.165, 1.54) is 15.9 Å². The van der Waals surface area contributed by atoms with Gasteiger partial charge in [0.25, 0.3) is 0 Å². The zero-order chi connectivity index (χ0) is 40.0. The number of thiophene rings is 1. The van der Waals surface area contributed by atoms with Crippen molar-refractivity contribution in [3.05, 3.63) is 121 Å². The van der Waals surface area contributed by atoms with Crippen LogP contribution in [0.25, 0.3) is 93.0 Å². The van der Waals surface area contributed by atoms with E-state index in [9.17, 15) is 40.9 Å². The Labute approximate surface area is 331 Å². The molecule has 0 aliphatic carbocycles. The number of fused-ring (bicyclic) bond motifs is 6. The molecule has 58 heavy (non-hydrogen) atoms. The molecular weight excluding hydrogens is 757 g/mol. The first-order chi connectivity index (χ1) is 28.1. The zero-order valence-electron chi connectivity index (χ0n) is 29.8. The van der Waals surface area contributed by atoms with Gasteiger partial charge in [-0.2, -0.15) is 0 Å². The van der Waals surface area contributed by atoms with Gasteiger partial charge in [0.1, 0.15) is 11.0 Å². The lowest BCUT2D eigenvalue weighted by molar-refractivity contribution is 0.350. The van der Waals surface area contributed by atoms with Crippen molar-refractivity contribution in [2.75, 3.05) is 0 Å². The summed E-state index contributed by atoms with van der Waals surface area (Å²) in [6.45, 7) is 0. The predicted molar refractivity (Wildman–Crippen MR) is 222 cm³/mol. The molecule has 0 amide bonds. The molecule has 0 bridgehead atoms. The molecule has 3 aromatic heterocycles. The Morgan fingerprint density at radius 2 is 0.862 bits per heavy atom. The molecule has 282 valence electrons. The van der Waals surface area contributed by atoms with E-state index >= 15 is 0 Å². The maximum atomic E-state index is 11.4. The minimum atomic E-state index is -1.10. The quantitative estimate of drug-likeness (QED) is 0.0609. The molecule has 0 atom stereocenters. The van der Waals surface area contributed by atoms with Gasteiger partial charge in [0.2, 0.25) is 23.0 Å². The van der Waals surface area contributed by atoms with Crippen LogP contribution in [0.1, 0.15) is 0 Å². The molecule has 0 aliphatic rings. The van der Waals surface area contributed by atoms with Crippen molar-refractivity contribution < 1.29 is 40.9 Å². The Hall–Kier alpha value is -8.03. The van der Waals surface area contributed by atoms with E-state index < -0.39 is 56.8 Å². The lowest BCUT2D eigenvalue weighted by Gasteiger charge is -2.14. The van der Waals surface area contributed by atoms with Crippen LogP contribution in [0.3, 0.4) is 0 Å². The molecule has 0 aliphatic heterocycles. The van der Waals surface area contributed by atoms with E-state index in [2.05, 4.69) is 0 Å². The van der Waals surface area contributed by atoms with Gasteiger partial charge in [0, 0.05) is 36.9 Å². The van der Waals surface area contributed by atoms with Gasteiger partial charge in [-0.3, -0.25) is 0 Å². The summed E-state index contributed by atoms with van der Waals surface area (Å²) < 4.78 is 2.72. The number of phenols is 8. The van der Waals surface area contributed by atoms with Crippen molar-refractivity contribution in [2.45, 2.75) is 0 Å². The molecule has 0 unspecified atom stereocenters. The van der Waals surface area contributed by atoms with Crippen molar-refractivity contribution in [2.24, 2.45) is 0 Å². The second-order valence-corrected chi connectivity index (χ2v) is 14.7. The van der Waals surface area contributed by atoms with Gasteiger partial charge in [-0.1, -0.05) is 97.1 Å². The van der Waals surface area contributed by atoms with Crippen LogP contribution in [-0.4, -0.2) is 60.4 Å². The van der Waals surface area contributed by atoms with E-state index in [1.807, 2.05) is 109 Å². The summed E-state index contributed by atoms with van der Waals surface area (Å²) in [5.74, 6) is -6.76.